The van der Waals surface area contributed by atoms with Crippen LogP contribution in [0.1, 0.15) is 17.5 Å². The third-order valence-electron chi connectivity index (χ3n) is 2.73. The Balaban J connectivity index is 2.81. The van der Waals surface area contributed by atoms with E-state index in [1.54, 1.807) is 19.1 Å². The number of sulfonamides is 1. The number of sulfone groups is 1. The van der Waals surface area contributed by atoms with Gasteiger partial charge in [-0.05, 0) is 31.0 Å². The Labute approximate surface area is 130 Å². The normalized spacial score (nSPS) is 12.3. The minimum atomic E-state index is -3.68. The van der Waals surface area contributed by atoms with Crippen LogP contribution < -0.4 is 10.5 Å². The molecule has 0 saturated heterocycles. The number of hydrogen-bond acceptors (Lipinski definition) is 5. The zero-order chi connectivity index (χ0) is 16.3. The van der Waals surface area contributed by atoms with Crippen LogP contribution in [0.5, 0.6) is 0 Å². The van der Waals surface area contributed by atoms with Crippen molar-refractivity contribution in [2.45, 2.75) is 18.2 Å². The number of hydrogen-bond donors (Lipinski definition) is 2. The van der Waals surface area contributed by atoms with Gasteiger partial charge in [-0.15, -0.1) is 0 Å². The number of nitrogens with two attached hydrogens (primary N) is 1. The molecular weight excluding hydrogens is 332 g/mol. The molecule has 0 aliphatic heterocycles. The van der Waals surface area contributed by atoms with E-state index in [2.05, 4.69) is 4.72 Å². The first-order chi connectivity index (χ1) is 9.53. The molecule has 0 unspecified atom stereocenters. The predicted molar refractivity (Wildman–Crippen MR) is 86.6 cm³/mol. The molecule has 0 radical (unpaired) electrons. The van der Waals surface area contributed by atoms with Crippen molar-refractivity contribution < 1.29 is 16.8 Å². The van der Waals surface area contributed by atoms with E-state index in [-0.39, 0.29) is 28.6 Å². The maximum Gasteiger partial charge on any atom is 0.240 e. The average Bonchev–Trinajstić information content (AvgIpc) is 2.33. The third-order valence-corrected chi connectivity index (χ3v) is 5.62. The largest absolute Gasteiger partial charge is 0.389 e. The minimum absolute atomic E-state index is 0.0606. The lowest BCUT2D eigenvalue weighted by molar-refractivity contribution is 0.577. The van der Waals surface area contributed by atoms with Crippen LogP contribution >= 0.6 is 12.2 Å². The molecule has 0 amide bonds. The summed E-state index contributed by atoms with van der Waals surface area (Å²) in [6.45, 7) is 1.71. The first-order valence-electron chi connectivity index (χ1n) is 6.11. The van der Waals surface area contributed by atoms with Gasteiger partial charge in [0, 0.05) is 18.4 Å². The van der Waals surface area contributed by atoms with Crippen LogP contribution in [-0.4, -0.2) is 40.4 Å². The summed E-state index contributed by atoms with van der Waals surface area (Å²) >= 11 is 4.83. The van der Waals surface area contributed by atoms with Gasteiger partial charge in [0.1, 0.15) is 14.8 Å². The van der Waals surface area contributed by atoms with Gasteiger partial charge in [-0.2, -0.15) is 0 Å². The summed E-state index contributed by atoms with van der Waals surface area (Å²) in [6.07, 6.45) is 1.34. The van der Waals surface area contributed by atoms with Crippen molar-refractivity contribution in [2.24, 2.45) is 5.73 Å². The summed E-state index contributed by atoms with van der Waals surface area (Å²) in [4.78, 5) is 0.324. The third kappa shape index (κ3) is 5.70. The molecule has 0 saturated carbocycles. The Kier molecular flexibility index (Phi) is 5.85. The lowest BCUT2D eigenvalue weighted by Crippen LogP contribution is -2.27. The Morgan fingerprint density at radius 3 is 2.38 bits per heavy atom. The van der Waals surface area contributed by atoms with E-state index in [1.807, 2.05) is 0 Å². The zero-order valence-corrected chi connectivity index (χ0v) is 14.2. The number of aryl methyl sites for hydroxylation is 1. The lowest BCUT2D eigenvalue weighted by Gasteiger charge is -2.10. The van der Waals surface area contributed by atoms with Crippen molar-refractivity contribution in [1.29, 1.82) is 0 Å². The molecule has 118 valence electrons. The molecule has 6 nitrogen and oxygen atoms in total. The Morgan fingerprint density at radius 1 is 1.29 bits per heavy atom. The average molecular weight is 350 g/mol. The standard InChI is InChI=1S/C12H18N2O4S3/c1-9-8-10(12(13)19)4-5-11(9)21(17,18)14-6-3-7-20(2,15)16/h4-5,8,14H,3,6-7H2,1-2H3,(H2,13,19). The summed E-state index contributed by atoms with van der Waals surface area (Å²) < 4.78 is 48.6. The summed E-state index contributed by atoms with van der Waals surface area (Å²) in [5.41, 5.74) is 6.61. The highest BCUT2D eigenvalue weighted by molar-refractivity contribution is 7.90. The van der Waals surface area contributed by atoms with Gasteiger partial charge in [0.2, 0.25) is 10.0 Å². The topological polar surface area (TPSA) is 106 Å². The zero-order valence-electron chi connectivity index (χ0n) is 11.8. The number of thiocarbonyl (C=S) groups is 1. The second kappa shape index (κ2) is 6.82. The van der Waals surface area contributed by atoms with E-state index in [4.69, 9.17) is 18.0 Å². The fourth-order valence-electron chi connectivity index (χ4n) is 1.72. The molecule has 1 aromatic carbocycles. The van der Waals surface area contributed by atoms with E-state index in [0.29, 0.717) is 11.1 Å². The molecule has 9 heteroatoms. The fraction of sp³-hybridized carbons (Fsp3) is 0.417. The second-order valence-corrected chi connectivity index (χ2v) is 9.16. The highest BCUT2D eigenvalue weighted by atomic mass is 32.2. The summed E-state index contributed by atoms with van der Waals surface area (Å²) in [5.74, 6) is -0.0606. The van der Waals surface area contributed by atoms with Crippen LogP contribution in [0.2, 0.25) is 0 Å². The van der Waals surface area contributed by atoms with Crippen LogP contribution in [0.3, 0.4) is 0 Å². The van der Waals surface area contributed by atoms with E-state index in [0.717, 1.165) is 6.26 Å². The van der Waals surface area contributed by atoms with E-state index in [1.165, 1.54) is 6.07 Å². The van der Waals surface area contributed by atoms with Gasteiger partial charge in [0.05, 0.1) is 10.6 Å². The van der Waals surface area contributed by atoms with Crippen LogP contribution in [0.15, 0.2) is 23.1 Å². The molecular formula is C12H18N2O4S3. The lowest BCUT2D eigenvalue weighted by atomic mass is 10.1. The Hall–Kier alpha value is -1.03. The van der Waals surface area contributed by atoms with Gasteiger partial charge in [0.15, 0.2) is 0 Å². The maximum atomic E-state index is 12.1. The maximum absolute atomic E-state index is 12.1. The molecule has 1 aromatic rings. The van der Waals surface area contributed by atoms with Gasteiger partial charge < -0.3 is 5.73 Å². The van der Waals surface area contributed by atoms with Crippen LogP contribution in [0.25, 0.3) is 0 Å². The van der Waals surface area contributed by atoms with Crippen molar-refractivity contribution in [3.05, 3.63) is 29.3 Å². The molecule has 0 aromatic heterocycles. The molecule has 0 fully saturated rings. The summed E-state index contributed by atoms with van der Waals surface area (Å²) in [7, 11) is -6.77. The quantitative estimate of drug-likeness (QED) is 0.543. The molecule has 1 rings (SSSR count). The van der Waals surface area contributed by atoms with Crippen molar-refractivity contribution in [3.8, 4) is 0 Å². The molecule has 0 atom stereocenters. The molecule has 0 bridgehead atoms. The first kappa shape index (κ1) is 18.0. The first-order valence-corrected chi connectivity index (χ1v) is 10.1. The number of nitrogens with one attached hydrogen (secondary N) is 1. The molecule has 0 aliphatic rings. The van der Waals surface area contributed by atoms with Crippen molar-refractivity contribution in [2.75, 3.05) is 18.6 Å². The molecule has 21 heavy (non-hydrogen) atoms. The van der Waals surface area contributed by atoms with Crippen LogP contribution in [0, 0.1) is 6.92 Å². The van der Waals surface area contributed by atoms with E-state index >= 15 is 0 Å². The van der Waals surface area contributed by atoms with Gasteiger partial charge in [0.25, 0.3) is 0 Å². The SMILES string of the molecule is Cc1cc(C(N)=S)ccc1S(=O)(=O)NCCCS(C)(=O)=O. The summed E-state index contributed by atoms with van der Waals surface area (Å²) in [6, 6.07) is 4.58. The fourth-order valence-corrected chi connectivity index (χ4v) is 3.82. The van der Waals surface area contributed by atoms with Gasteiger partial charge >= 0.3 is 0 Å². The predicted octanol–water partition coefficient (Wildman–Crippen LogP) is 0.342. The van der Waals surface area contributed by atoms with E-state index in [9.17, 15) is 16.8 Å². The van der Waals surface area contributed by atoms with Gasteiger partial charge in [-0.1, -0.05) is 18.3 Å². The summed E-state index contributed by atoms with van der Waals surface area (Å²) in [5, 5.41) is 0. The van der Waals surface area contributed by atoms with Crippen molar-refractivity contribution in [3.63, 3.8) is 0 Å². The Bertz CT molecular complexity index is 740. The van der Waals surface area contributed by atoms with Gasteiger partial charge in [-0.3, -0.25) is 0 Å². The minimum Gasteiger partial charge on any atom is -0.389 e. The number of rotatable bonds is 7. The molecule has 0 spiro atoms. The second-order valence-electron chi connectivity index (χ2n) is 4.73. The Morgan fingerprint density at radius 2 is 1.90 bits per heavy atom. The highest BCUT2D eigenvalue weighted by Crippen LogP contribution is 2.16. The van der Waals surface area contributed by atoms with Gasteiger partial charge in [-0.25, -0.2) is 21.6 Å². The monoisotopic (exact) mass is 350 g/mol. The van der Waals surface area contributed by atoms with Crippen molar-refractivity contribution >= 4 is 37.1 Å². The van der Waals surface area contributed by atoms with Crippen LogP contribution in [-0.2, 0) is 19.9 Å². The smallest absolute Gasteiger partial charge is 0.240 e. The molecule has 3 N–H and O–H groups in total. The van der Waals surface area contributed by atoms with E-state index < -0.39 is 19.9 Å². The molecule has 0 aliphatic carbocycles. The number of benzene rings is 1. The van der Waals surface area contributed by atoms with Crippen molar-refractivity contribution in [1.82, 2.24) is 4.72 Å². The molecule has 0 heterocycles. The highest BCUT2D eigenvalue weighted by Gasteiger charge is 2.17. The van der Waals surface area contributed by atoms with Crippen LogP contribution in [0.4, 0.5) is 0 Å².